The van der Waals surface area contributed by atoms with E-state index in [2.05, 4.69) is 9.97 Å². The molecule has 0 spiro atoms. The first-order chi connectivity index (χ1) is 9.95. The predicted molar refractivity (Wildman–Crippen MR) is 68.7 cm³/mol. The normalized spacial score (nSPS) is 14.8. The Morgan fingerprint density at radius 2 is 2.10 bits per heavy atom. The minimum Gasteiger partial charge on any atom is -0.376 e. The van der Waals surface area contributed by atoms with Gasteiger partial charge in [0, 0.05) is 12.0 Å². The molecule has 2 heterocycles. The van der Waals surface area contributed by atoms with Gasteiger partial charge in [-0.25, -0.2) is 4.98 Å². The summed E-state index contributed by atoms with van der Waals surface area (Å²) in [4.78, 5) is 18.7. The van der Waals surface area contributed by atoms with Crippen LogP contribution in [-0.2, 0) is 23.9 Å². The van der Waals surface area contributed by atoms with Gasteiger partial charge in [-0.3, -0.25) is 4.79 Å². The van der Waals surface area contributed by atoms with Gasteiger partial charge < -0.3 is 9.72 Å². The third-order valence-corrected chi connectivity index (χ3v) is 3.29. The molecule has 1 N–H and O–H groups in total. The Balaban J connectivity index is 2.09. The van der Waals surface area contributed by atoms with E-state index in [1.54, 1.807) is 0 Å². The molecule has 0 unspecified atom stereocenters. The molecular formula is C14H11F3N2O2. The fourth-order valence-electron chi connectivity index (χ4n) is 2.22. The maximum atomic E-state index is 12.7. The van der Waals surface area contributed by atoms with E-state index in [-0.39, 0.29) is 23.6 Å². The second-order valence-electron chi connectivity index (χ2n) is 4.72. The zero-order valence-electron chi connectivity index (χ0n) is 10.8. The van der Waals surface area contributed by atoms with E-state index >= 15 is 0 Å². The molecule has 0 atom stereocenters. The highest BCUT2D eigenvalue weighted by atomic mass is 19.4. The lowest BCUT2D eigenvalue weighted by atomic mass is 10.1. The highest BCUT2D eigenvalue weighted by Gasteiger charge is 2.30. The second-order valence-corrected chi connectivity index (χ2v) is 4.72. The van der Waals surface area contributed by atoms with Crippen molar-refractivity contribution >= 4 is 0 Å². The summed E-state index contributed by atoms with van der Waals surface area (Å²) in [6, 6.07) is 4.73. The van der Waals surface area contributed by atoms with Crippen molar-refractivity contribution in [2.75, 3.05) is 6.61 Å². The van der Waals surface area contributed by atoms with Crippen molar-refractivity contribution < 1.29 is 17.9 Å². The number of ether oxygens (including phenoxy) is 1. The maximum Gasteiger partial charge on any atom is 0.416 e. The first-order valence-electron chi connectivity index (χ1n) is 6.32. The van der Waals surface area contributed by atoms with Gasteiger partial charge in [-0.05, 0) is 12.1 Å². The Hall–Kier alpha value is -2.15. The first kappa shape index (κ1) is 13.8. The molecule has 1 aromatic heterocycles. The molecule has 2 aromatic rings. The summed E-state index contributed by atoms with van der Waals surface area (Å²) >= 11 is 0. The van der Waals surface area contributed by atoms with Crippen molar-refractivity contribution in [2.24, 2.45) is 0 Å². The number of aromatic amines is 1. The lowest BCUT2D eigenvalue weighted by Gasteiger charge is -2.15. The van der Waals surface area contributed by atoms with Gasteiger partial charge in [-0.2, -0.15) is 13.2 Å². The monoisotopic (exact) mass is 296 g/mol. The van der Waals surface area contributed by atoms with E-state index in [9.17, 15) is 18.0 Å². The average Bonchev–Trinajstić information content (AvgIpc) is 2.46. The van der Waals surface area contributed by atoms with Gasteiger partial charge in [-0.15, -0.1) is 0 Å². The van der Waals surface area contributed by atoms with Crippen molar-refractivity contribution in [1.82, 2.24) is 9.97 Å². The molecule has 0 fully saturated rings. The molecule has 1 aliphatic heterocycles. The number of H-pyrrole nitrogens is 1. The molecule has 0 bridgehead atoms. The number of hydrogen-bond acceptors (Lipinski definition) is 3. The van der Waals surface area contributed by atoms with E-state index in [0.29, 0.717) is 24.3 Å². The molecule has 4 nitrogen and oxygen atoms in total. The van der Waals surface area contributed by atoms with Crippen LogP contribution in [0.2, 0.25) is 0 Å². The first-order valence-corrected chi connectivity index (χ1v) is 6.32. The molecular weight excluding hydrogens is 285 g/mol. The van der Waals surface area contributed by atoms with Gasteiger partial charge in [0.1, 0.15) is 5.82 Å². The zero-order valence-corrected chi connectivity index (χ0v) is 10.8. The average molecular weight is 296 g/mol. The second kappa shape index (κ2) is 5.00. The minimum atomic E-state index is -4.43. The Morgan fingerprint density at radius 3 is 2.86 bits per heavy atom. The van der Waals surface area contributed by atoms with Crippen LogP contribution in [0.3, 0.4) is 0 Å². The number of nitrogens with zero attached hydrogens (tertiary/aromatic N) is 1. The van der Waals surface area contributed by atoms with E-state index in [0.717, 1.165) is 12.1 Å². The third kappa shape index (κ3) is 2.69. The van der Waals surface area contributed by atoms with E-state index < -0.39 is 11.7 Å². The Morgan fingerprint density at radius 1 is 1.29 bits per heavy atom. The molecule has 0 saturated heterocycles. The van der Waals surface area contributed by atoms with E-state index in [4.69, 9.17) is 4.74 Å². The van der Waals surface area contributed by atoms with Crippen LogP contribution in [0.4, 0.5) is 13.2 Å². The minimum absolute atomic E-state index is 0.145. The summed E-state index contributed by atoms with van der Waals surface area (Å²) in [5, 5.41) is 0. The number of hydrogen-bond donors (Lipinski definition) is 1. The summed E-state index contributed by atoms with van der Waals surface area (Å²) < 4.78 is 43.4. The van der Waals surface area contributed by atoms with Gasteiger partial charge in [0.25, 0.3) is 5.56 Å². The third-order valence-electron chi connectivity index (χ3n) is 3.29. The number of aromatic nitrogens is 2. The molecule has 0 saturated carbocycles. The van der Waals surface area contributed by atoms with Crippen molar-refractivity contribution in [3.63, 3.8) is 0 Å². The Labute approximate surface area is 117 Å². The highest BCUT2D eigenvalue weighted by Crippen LogP contribution is 2.31. The molecule has 21 heavy (non-hydrogen) atoms. The smallest absolute Gasteiger partial charge is 0.376 e. The summed E-state index contributed by atoms with van der Waals surface area (Å²) in [6.07, 6.45) is -3.95. The fraction of sp³-hybridized carbons (Fsp3) is 0.286. The number of nitrogens with one attached hydrogen (secondary N) is 1. The van der Waals surface area contributed by atoms with E-state index in [1.165, 1.54) is 12.1 Å². The molecule has 0 radical (unpaired) electrons. The molecule has 1 aliphatic rings. The largest absolute Gasteiger partial charge is 0.416 e. The Kier molecular flexibility index (Phi) is 3.29. The molecule has 7 heteroatoms. The van der Waals surface area contributed by atoms with Crippen LogP contribution in [0.25, 0.3) is 11.4 Å². The molecule has 110 valence electrons. The maximum absolute atomic E-state index is 12.7. The standard InChI is InChI=1S/C14H11F3N2O2/c15-14(16,17)9-3-1-2-8(6-9)12-18-11-4-5-21-7-10(11)13(20)19-12/h1-3,6H,4-5,7H2,(H,18,19,20). The van der Waals surface area contributed by atoms with Crippen LogP contribution in [0, 0.1) is 0 Å². The van der Waals surface area contributed by atoms with Crippen LogP contribution in [0.5, 0.6) is 0 Å². The summed E-state index contributed by atoms with van der Waals surface area (Å²) in [6.45, 7) is 0.631. The molecule has 0 aliphatic carbocycles. The number of halogens is 3. The van der Waals surface area contributed by atoms with Crippen LogP contribution in [0.1, 0.15) is 16.8 Å². The van der Waals surface area contributed by atoms with Gasteiger partial charge in [-0.1, -0.05) is 12.1 Å². The van der Waals surface area contributed by atoms with Crippen molar-refractivity contribution in [1.29, 1.82) is 0 Å². The van der Waals surface area contributed by atoms with Gasteiger partial charge >= 0.3 is 6.18 Å². The van der Waals surface area contributed by atoms with Crippen LogP contribution in [0.15, 0.2) is 29.1 Å². The van der Waals surface area contributed by atoms with Crippen LogP contribution < -0.4 is 5.56 Å². The molecule has 1 aromatic carbocycles. The van der Waals surface area contributed by atoms with Gasteiger partial charge in [0.2, 0.25) is 0 Å². The number of alkyl halides is 3. The summed E-state index contributed by atoms with van der Waals surface area (Å²) in [5.41, 5.74) is 0.112. The van der Waals surface area contributed by atoms with Crippen LogP contribution >= 0.6 is 0 Å². The van der Waals surface area contributed by atoms with Gasteiger partial charge in [0.05, 0.1) is 30.0 Å². The summed E-state index contributed by atoms with van der Waals surface area (Å²) in [7, 11) is 0. The topological polar surface area (TPSA) is 55.0 Å². The number of benzene rings is 1. The predicted octanol–water partition coefficient (Wildman–Crippen LogP) is 2.53. The molecule has 0 amide bonds. The lowest BCUT2D eigenvalue weighted by molar-refractivity contribution is -0.137. The Bertz CT molecular complexity index is 738. The van der Waals surface area contributed by atoms with Crippen LogP contribution in [-0.4, -0.2) is 16.6 Å². The fourth-order valence-corrected chi connectivity index (χ4v) is 2.22. The quantitative estimate of drug-likeness (QED) is 0.880. The van der Waals surface area contributed by atoms with Gasteiger partial charge in [0.15, 0.2) is 0 Å². The van der Waals surface area contributed by atoms with E-state index in [1.807, 2.05) is 0 Å². The molecule has 3 rings (SSSR count). The van der Waals surface area contributed by atoms with Crippen molar-refractivity contribution in [3.8, 4) is 11.4 Å². The SMILES string of the molecule is O=c1[nH]c(-c2cccc(C(F)(F)F)c2)nc2c1COCC2. The summed E-state index contributed by atoms with van der Waals surface area (Å²) in [5.74, 6) is 0.145. The zero-order chi connectivity index (χ0) is 15.0. The number of fused-ring (bicyclic) bond motifs is 1. The highest BCUT2D eigenvalue weighted by molar-refractivity contribution is 5.56. The lowest BCUT2D eigenvalue weighted by Crippen LogP contribution is -2.24. The van der Waals surface area contributed by atoms with Crippen molar-refractivity contribution in [2.45, 2.75) is 19.2 Å². The van der Waals surface area contributed by atoms with Crippen molar-refractivity contribution in [3.05, 3.63) is 51.4 Å². The number of rotatable bonds is 1.